The Morgan fingerprint density at radius 1 is 1.10 bits per heavy atom. The van der Waals surface area contributed by atoms with Crippen molar-refractivity contribution in [1.29, 1.82) is 0 Å². The SMILES string of the molecule is O=C(O)C(F)(F)F.OCC(NC1CCCc2ccc(Br)cc21)C1CCc2ccccc21. The highest BCUT2D eigenvalue weighted by Crippen LogP contribution is 2.38. The number of carboxylic acid groups (broad SMARTS) is 1. The van der Waals surface area contributed by atoms with Crippen LogP contribution >= 0.6 is 15.9 Å². The number of aryl methyl sites for hydroxylation is 2. The van der Waals surface area contributed by atoms with Crippen LogP contribution in [0.3, 0.4) is 0 Å². The van der Waals surface area contributed by atoms with Gasteiger partial charge in [-0.1, -0.05) is 46.3 Å². The van der Waals surface area contributed by atoms with E-state index in [1.807, 2.05) is 0 Å². The Hall–Kier alpha value is -1.90. The fraction of sp³-hybridized carbons (Fsp3) is 0.435. The number of aliphatic hydroxyl groups is 1. The monoisotopic (exact) mass is 499 g/mol. The topological polar surface area (TPSA) is 69.6 Å². The number of halogens is 4. The van der Waals surface area contributed by atoms with Crippen LogP contribution in [0.5, 0.6) is 0 Å². The van der Waals surface area contributed by atoms with Gasteiger partial charge in [0.25, 0.3) is 0 Å². The molecule has 3 atom stereocenters. The van der Waals surface area contributed by atoms with Gasteiger partial charge < -0.3 is 15.5 Å². The molecule has 0 amide bonds. The van der Waals surface area contributed by atoms with Crippen LogP contribution in [0, 0.1) is 0 Å². The second kappa shape index (κ2) is 10.1. The summed E-state index contributed by atoms with van der Waals surface area (Å²) in [6.45, 7) is 0.193. The maximum absolute atomic E-state index is 10.6. The quantitative estimate of drug-likeness (QED) is 0.544. The molecule has 2 aliphatic rings. The van der Waals surface area contributed by atoms with Crippen LogP contribution in [-0.4, -0.2) is 35.0 Å². The number of fused-ring (bicyclic) bond motifs is 2. The molecule has 2 aromatic rings. The summed E-state index contributed by atoms with van der Waals surface area (Å²) in [6.07, 6.45) is 0.707. The van der Waals surface area contributed by atoms with Crippen LogP contribution in [0.15, 0.2) is 46.9 Å². The zero-order chi connectivity index (χ0) is 22.6. The van der Waals surface area contributed by atoms with E-state index in [1.165, 1.54) is 28.7 Å². The van der Waals surface area contributed by atoms with Crippen molar-refractivity contribution >= 4 is 21.9 Å². The number of hydrogen-bond acceptors (Lipinski definition) is 3. The molecule has 0 spiro atoms. The third kappa shape index (κ3) is 5.87. The van der Waals surface area contributed by atoms with E-state index in [2.05, 4.69) is 63.7 Å². The molecule has 0 radical (unpaired) electrons. The number of rotatable bonds is 4. The van der Waals surface area contributed by atoms with Crippen molar-refractivity contribution in [3.05, 3.63) is 69.2 Å². The molecule has 4 rings (SSSR count). The molecule has 0 heterocycles. The third-order valence-electron chi connectivity index (χ3n) is 5.94. The molecule has 168 valence electrons. The molecule has 0 bridgehead atoms. The van der Waals surface area contributed by atoms with Gasteiger partial charge in [0.2, 0.25) is 0 Å². The van der Waals surface area contributed by atoms with E-state index in [4.69, 9.17) is 9.90 Å². The summed E-state index contributed by atoms with van der Waals surface area (Å²) in [4.78, 5) is 8.90. The first-order valence-electron chi connectivity index (χ1n) is 10.2. The van der Waals surface area contributed by atoms with Gasteiger partial charge in [0.1, 0.15) is 0 Å². The van der Waals surface area contributed by atoms with Crippen LogP contribution in [-0.2, 0) is 17.6 Å². The fourth-order valence-corrected chi connectivity index (χ4v) is 4.88. The molecule has 4 nitrogen and oxygen atoms in total. The Kier molecular flexibility index (Phi) is 7.78. The molecule has 0 aromatic heterocycles. The van der Waals surface area contributed by atoms with E-state index in [0.29, 0.717) is 12.0 Å². The molecule has 0 aliphatic heterocycles. The largest absolute Gasteiger partial charge is 0.490 e. The number of aliphatic hydroxyl groups excluding tert-OH is 1. The van der Waals surface area contributed by atoms with Gasteiger partial charge in [-0.05, 0) is 66.5 Å². The summed E-state index contributed by atoms with van der Waals surface area (Å²) in [5, 5.41) is 21.0. The minimum absolute atomic E-state index is 0.128. The third-order valence-corrected chi connectivity index (χ3v) is 6.43. The number of carbonyl (C=O) groups is 1. The summed E-state index contributed by atoms with van der Waals surface area (Å²) < 4.78 is 32.9. The molecule has 0 saturated heterocycles. The summed E-state index contributed by atoms with van der Waals surface area (Å²) in [7, 11) is 0. The van der Waals surface area contributed by atoms with E-state index in [9.17, 15) is 18.3 Å². The van der Waals surface area contributed by atoms with Crippen molar-refractivity contribution in [3.63, 3.8) is 0 Å². The summed E-state index contributed by atoms with van der Waals surface area (Å²) >= 11 is 3.61. The van der Waals surface area contributed by atoms with Crippen molar-refractivity contribution in [2.24, 2.45) is 0 Å². The first kappa shape index (κ1) is 23.8. The smallest absolute Gasteiger partial charge is 0.475 e. The van der Waals surface area contributed by atoms with Gasteiger partial charge in [-0.2, -0.15) is 13.2 Å². The predicted molar refractivity (Wildman–Crippen MR) is 115 cm³/mol. The van der Waals surface area contributed by atoms with Crippen LogP contribution in [0.2, 0.25) is 0 Å². The predicted octanol–water partition coefficient (Wildman–Crippen LogP) is 5.14. The number of benzene rings is 2. The minimum Gasteiger partial charge on any atom is -0.475 e. The van der Waals surface area contributed by atoms with Crippen molar-refractivity contribution in [3.8, 4) is 0 Å². The maximum atomic E-state index is 10.6. The highest BCUT2D eigenvalue weighted by atomic mass is 79.9. The normalized spacial score (nSPS) is 20.8. The highest BCUT2D eigenvalue weighted by Gasteiger charge is 2.38. The lowest BCUT2D eigenvalue weighted by Gasteiger charge is -2.33. The second-order valence-corrected chi connectivity index (χ2v) is 8.81. The van der Waals surface area contributed by atoms with E-state index < -0.39 is 12.1 Å². The van der Waals surface area contributed by atoms with Crippen LogP contribution < -0.4 is 5.32 Å². The Bertz CT molecular complexity index is 919. The van der Waals surface area contributed by atoms with Crippen LogP contribution in [0.4, 0.5) is 13.2 Å². The standard InChI is InChI=1S/C21H24BrNO.C2HF3O2/c22-16-10-8-15-5-3-7-20(19(15)12-16)23-21(13-24)18-11-9-14-4-1-2-6-17(14)18;3-2(4,5)1(6)7/h1-2,4,6,8,10,12,18,20-21,23-24H,3,5,7,9,11,13H2;(H,6,7). The van der Waals surface area contributed by atoms with Crippen LogP contribution in [0.25, 0.3) is 0 Å². The summed E-state index contributed by atoms with van der Waals surface area (Å²) in [5.41, 5.74) is 5.73. The summed E-state index contributed by atoms with van der Waals surface area (Å²) in [5.74, 6) is -2.34. The van der Waals surface area contributed by atoms with Crippen molar-refractivity contribution in [1.82, 2.24) is 5.32 Å². The second-order valence-electron chi connectivity index (χ2n) is 7.89. The van der Waals surface area contributed by atoms with Gasteiger partial charge in [0.15, 0.2) is 0 Å². The van der Waals surface area contributed by atoms with Crippen LogP contribution in [0.1, 0.15) is 53.5 Å². The number of hydrogen-bond donors (Lipinski definition) is 3. The molecule has 0 fully saturated rings. The van der Waals surface area contributed by atoms with Crippen molar-refractivity contribution in [2.45, 2.75) is 56.3 Å². The van der Waals surface area contributed by atoms with Gasteiger partial charge in [0, 0.05) is 22.5 Å². The van der Waals surface area contributed by atoms with Gasteiger partial charge in [0.05, 0.1) is 6.61 Å². The molecule has 2 aliphatic carbocycles. The Labute approximate surface area is 187 Å². The van der Waals surface area contributed by atoms with Crippen molar-refractivity contribution in [2.75, 3.05) is 6.61 Å². The van der Waals surface area contributed by atoms with Gasteiger partial charge in [-0.15, -0.1) is 0 Å². The average molecular weight is 500 g/mol. The van der Waals surface area contributed by atoms with E-state index >= 15 is 0 Å². The highest BCUT2D eigenvalue weighted by molar-refractivity contribution is 9.10. The lowest BCUT2D eigenvalue weighted by atomic mass is 9.85. The average Bonchev–Trinajstić information content (AvgIpc) is 3.16. The zero-order valence-electron chi connectivity index (χ0n) is 16.8. The molecule has 8 heteroatoms. The van der Waals surface area contributed by atoms with Gasteiger partial charge in [-0.3, -0.25) is 0 Å². The molecule has 3 unspecified atom stereocenters. The molecule has 3 N–H and O–H groups in total. The number of nitrogens with one attached hydrogen (secondary N) is 1. The number of carboxylic acids is 1. The van der Waals surface area contributed by atoms with Crippen molar-refractivity contribution < 1.29 is 28.2 Å². The first-order valence-corrected chi connectivity index (χ1v) is 11.0. The molecule has 31 heavy (non-hydrogen) atoms. The lowest BCUT2D eigenvalue weighted by molar-refractivity contribution is -0.192. The number of alkyl halides is 3. The van der Waals surface area contributed by atoms with E-state index in [-0.39, 0.29) is 12.6 Å². The minimum atomic E-state index is -5.08. The Morgan fingerprint density at radius 3 is 2.45 bits per heavy atom. The summed E-state index contributed by atoms with van der Waals surface area (Å²) in [6, 6.07) is 15.8. The van der Waals surface area contributed by atoms with Gasteiger partial charge in [-0.25, -0.2) is 4.79 Å². The lowest BCUT2D eigenvalue weighted by Crippen LogP contribution is -2.41. The molecule has 0 saturated carbocycles. The molecular formula is C23H25BrF3NO3. The first-order chi connectivity index (χ1) is 14.7. The Balaban J connectivity index is 0.000000339. The van der Waals surface area contributed by atoms with E-state index in [1.54, 1.807) is 0 Å². The van der Waals surface area contributed by atoms with E-state index in [0.717, 1.165) is 30.2 Å². The number of aliphatic carboxylic acids is 1. The molecular weight excluding hydrogens is 475 g/mol. The zero-order valence-corrected chi connectivity index (χ0v) is 18.4. The maximum Gasteiger partial charge on any atom is 0.490 e. The van der Waals surface area contributed by atoms with Gasteiger partial charge >= 0.3 is 12.1 Å². The fourth-order valence-electron chi connectivity index (χ4n) is 4.51. The Morgan fingerprint density at radius 2 is 1.77 bits per heavy atom. The molecule has 2 aromatic carbocycles.